The van der Waals surface area contributed by atoms with Gasteiger partial charge in [-0.3, -0.25) is 4.79 Å². The zero-order valence-electron chi connectivity index (χ0n) is 12.6. The van der Waals surface area contributed by atoms with E-state index >= 15 is 0 Å². The van der Waals surface area contributed by atoms with Crippen molar-refractivity contribution in [3.8, 4) is 5.75 Å². The van der Waals surface area contributed by atoms with Crippen LogP contribution in [-0.4, -0.2) is 25.7 Å². The van der Waals surface area contributed by atoms with E-state index in [4.69, 9.17) is 32.7 Å². The third-order valence-electron chi connectivity index (χ3n) is 2.97. The standard InChI is InChI=1S/C17H17Cl2NO3/c1-2-22-8-9-23-14-5-3-4-12(10-14)17(21)20-16-11-13(18)6-7-15(16)19/h3-7,10-11H,2,8-9H2,1H3,(H,20,21). The van der Waals surface area contributed by atoms with Gasteiger partial charge < -0.3 is 14.8 Å². The number of amides is 1. The summed E-state index contributed by atoms with van der Waals surface area (Å²) in [6.45, 7) is 3.50. The van der Waals surface area contributed by atoms with Gasteiger partial charge in [-0.1, -0.05) is 29.3 Å². The van der Waals surface area contributed by atoms with Crippen molar-refractivity contribution in [3.63, 3.8) is 0 Å². The first-order valence-electron chi connectivity index (χ1n) is 7.17. The summed E-state index contributed by atoms with van der Waals surface area (Å²) >= 11 is 12.0. The van der Waals surface area contributed by atoms with Gasteiger partial charge in [0.25, 0.3) is 5.91 Å². The molecular weight excluding hydrogens is 337 g/mol. The maximum atomic E-state index is 12.3. The maximum Gasteiger partial charge on any atom is 0.255 e. The molecule has 0 radical (unpaired) electrons. The molecule has 0 heterocycles. The second-order valence-electron chi connectivity index (χ2n) is 4.65. The number of carbonyl (C=O) groups excluding carboxylic acids is 1. The van der Waals surface area contributed by atoms with Gasteiger partial charge in [0, 0.05) is 17.2 Å². The molecule has 6 heteroatoms. The lowest BCUT2D eigenvalue weighted by atomic mass is 10.2. The first kappa shape index (κ1) is 17.6. The third kappa shape index (κ3) is 5.43. The fourth-order valence-electron chi connectivity index (χ4n) is 1.88. The Morgan fingerprint density at radius 1 is 1.13 bits per heavy atom. The Morgan fingerprint density at radius 2 is 1.96 bits per heavy atom. The summed E-state index contributed by atoms with van der Waals surface area (Å²) in [6.07, 6.45) is 0. The fourth-order valence-corrected chi connectivity index (χ4v) is 2.21. The van der Waals surface area contributed by atoms with Gasteiger partial charge in [-0.2, -0.15) is 0 Å². The number of hydrogen-bond donors (Lipinski definition) is 1. The van der Waals surface area contributed by atoms with Crippen molar-refractivity contribution in [2.24, 2.45) is 0 Å². The van der Waals surface area contributed by atoms with Crippen LogP contribution in [0, 0.1) is 0 Å². The van der Waals surface area contributed by atoms with E-state index in [1.54, 1.807) is 42.5 Å². The molecule has 0 bridgehead atoms. The third-order valence-corrected chi connectivity index (χ3v) is 3.54. The lowest BCUT2D eigenvalue weighted by Gasteiger charge is -2.10. The van der Waals surface area contributed by atoms with E-state index in [9.17, 15) is 4.79 Å². The molecule has 4 nitrogen and oxygen atoms in total. The van der Waals surface area contributed by atoms with Gasteiger partial charge in [0.05, 0.1) is 17.3 Å². The number of ether oxygens (including phenoxy) is 2. The van der Waals surface area contributed by atoms with Crippen LogP contribution in [0.25, 0.3) is 0 Å². The number of rotatable bonds is 7. The minimum absolute atomic E-state index is 0.288. The van der Waals surface area contributed by atoms with Crippen molar-refractivity contribution in [2.45, 2.75) is 6.92 Å². The molecule has 0 spiro atoms. The SMILES string of the molecule is CCOCCOc1cccc(C(=O)Nc2cc(Cl)ccc2Cl)c1. The van der Waals surface area contributed by atoms with E-state index in [1.807, 2.05) is 6.92 Å². The average molecular weight is 354 g/mol. The van der Waals surface area contributed by atoms with Crippen LogP contribution in [0.1, 0.15) is 17.3 Å². The number of anilines is 1. The van der Waals surface area contributed by atoms with Crippen molar-refractivity contribution in [2.75, 3.05) is 25.1 Å². The molecule has 23 heavy (non-hydrogen) atoms. The molecule has 2 aromatic carbocycles. The molecule has 0 atom stereocenters. The van der Waals surface area contributed by atoms with Gasteiger partial charge in [-0.15, -0.1) is 0 Å². The largest absolute Gasteiger partial charge is 0.491 e. The van der Waals surface area contributed by atoms with Gasteiger partial charge in [0.15, 0.2) is 0 Å². The normalized spacial score (nSPS) is 10.4. The number of halogens is 2. The van der Waals surface area contributed by atoms with Crippen LogP contribution < -0.4 is 10.1 Å². The van der Waals surface area contributed by atoms with Crippen LogP contribution in [0.15, 0.2) is 42.5 Å². The van der Waals surface area contributed by atoms with E-state index in [1.165, 1.54) is 0 Å². The van der Waals surface area contributed by atoms with E-state index in [2.05, 4.69) is 5.32 Å². The number of carbonyl (C=O) groups is 1. The van der Waals surface area contributed by atoms with Gasteiger partial charge in [-0.05, 0) is 43.3 Å². The maximum absolute atomic E-state index is 12.3. The fraction of sp³-hybridized carbons (Fsp3) is 0.235. The summed E-state index contributed by atoms with van der Waals surface area (Å²) in [5, 5.41) is 3.66. The predicted octanol–water partition coefficient (Wildman–Crippen LogP) is 4.66. The smallest absolute Gasteiger partial charge is 0.255 e. The van der Waals surface area contributed by atoms with Crippen molar-refractivity contribution >= 4 is 34.8 Å². The Balaban J connectivity index is 2.03. The summed E-state index contributed by atoms with van der Waals surface area (Å²) in [5.41, 5.74) is 0.932. The molecule has 2 rings (SSSR count). The van der Waals surface area contributed by atoms with Crippen LogP contribution >= 0.6 is 23.2 Å². The second-order valence-corrected chi connectivity index (χ2v) is 5.50. The quantitative estimate of drug-likeness (QED) is 0.736. The van der Waals surface area contributed by atoms with E-state index in [-0.39, 0.29) is 5.91 Å². The first-order valence-corrected chi connectivity index (χ1v) is 7.92. The van der Waals surface area contributed by atoms with Gasteiger partial charge in [-0.25, -0.2) is 0 Å². The average Bonchev–Trinajstić information content (AvgIpc) is 2.55. The summed E-state index contributed by atoms with van der Waals surface area (Å²) in [7, 11) is 0. The molecule has 0 aliphatic rings. The second kappa shape index (κ2) is 8.77. The minimum atomic E-state index is -0.288. The number of hydrogen-bond acceptors (Lipinski definition) is 3. The summed E-state index contributed by atoms with van der Waals surface area (Å²) in [4.78, 5) is 12.3. The Morgan fingerprint density at radius 3 is 2.74 bits per heavy atom. The van der Waals surface area contributed by atoms with Crippen LogP contribution in [-0.2, 0) is 4.74 Å². The molecule has 0 aromatic heterocycles. The molecule has 0 aliphatic carbocycles. The Bertz CT molecular complexity index is 677. The highest BCUT2D eigenvalue weighted by molar-refractivity contribution is 6.35. The molecule has 1 N–H and O–H groups in total. The molecule has 0 unspecified atom stereocenters. The lowest BCUT2D eigenvalue weighted by Crippen LogP contribution is -2.13. The first-order chi connectivity index (χ1) is 11.1. The Hall–Kier alpha value is -1.75. The Labute approximate surface area is 145 Å². The molecule has 0 saturated heterocycles. The van der Waals surface area contributed by atoms with Crippen LogP contribution in [0.2, 0.25) is 10.0 Å². The lowest BCUT2D eigenvalue weighted by molar-refractivity contribution is 0.102. The predicted molar refractivity (Wildman–Crippen MR) is 92.8 cm³/mol. The van der Waals surface area contributed by atoms with Crippen molar-refractivity contribution < 1.29 is 14.3 Å². The number of benzene rings is 2. The highest BCUT2D eigenvalue weighted by Gasteiger charge is 2.10. The van der Waals surface area contributed by atoms with E-state index < -0.39 is 0 Å². The van der Waals surface area contributed by atoms with Gasteiger partial charge in [0.1, 0.15) is 12.4 Å². The van der Waals surface area contributed by atoms with Gasteiger partial charge in [0.2, 0.25) is 0 Å². The van der Waals surface area contributed by atoms with Crippen molar-refractivity contribution in [1.29, 1.82) is 0 Å². The minimum Gasteiger partial charge on any atom is -0.491 e. The van der Waals surface area contributed by atoms with Crippen LogP contribution in [0.5, 0.6) is 5.75 Å². The Kier molecular flexibility index (Phi) is 6.71. The molecule has 1 amide bonds. The summed E-state index contributed by atoms with van der Waals surface area (Å²) < 4.78 is 10.7. The molecule has 0 aliphatic heterocycles. The highest BCUT2D eigenvalue weighted by atomic mass is 35.5. The highest BCUT2D eigenvalue weighted by Crippen LogP contribution is 2.26. The zero-order chi connectivity index (χ0) is 16.7. The number of nitrogens with one attached hydrogen (secondary N) is 1. The molecule has 0 saturated carbocycles. The van der Waals surface area contributed by atoms with Crippen molar-refractivity contribution in [1.82, 2.24) is 0 Å². The topological polar surface area (TPSA) is 47.6 Å². The zero-order valence-corrected chi connectivity index (χ0v) is 14.2. The van der Waals surface area contributed by atoms with Crippen molar-refractivity contribution in [3.05, 3.63) is 58.1 Å². The summed E-state index contributed by atoms with van der Waals surface area (Å²) in [6, 6.07) is 11.8. The van der Waals surface area contributed by atoms with Crippen LogP contribution in [0.3, 0.4) is 0 Å². The van der Waals surface area contributed by atoms with E-state index in [0.29, 0.717) is 46.9 Å². The molecule has 0 fully saturated rings. The van der Waals surface area contributed by atoms with Gasteiger partial charge >= 0.3 is 0 Å². The summed E-state index contributed by atoms with van der Waals surface area (Å²) in [5.74, 6) is 0.318. The molecule has 2 aromatic rings. The molecular formula is C17H17Cl2NO3. The molecule has 122 valence electrons. The monoisotopic (exact) mass is 353 g/mol. The van der Waals surface area contributed by atoms with Crippen LogP contribution in [0.4, 0.5) is 5.69 Å². The van der Waals surface area contributed by atoms with E-state index in [0.717, 1.165) is 0 Å².